The SMILES string of the molecule is CCCNCC1CCN(S(=O)(=O)NC(C)COC)CC1. The van der Waals surface area contributed by atoms with Crippen LogP contribution in [0.2, 0.25) is 0 Å². The summed E-state index contributed by atoms with van der Waals surface area (Å²) in [6, 6.07) is -0.200. The van der Waals surface area contributed by atoms with Crippen LogP contribution in [0.1, 0.15) is 33.1 Å². The van der Waals surface area contributed by atoms with Gasteiger partial charge in [-0.2, -0.15) is 17.4 Å². The van der Waals surface area contributed by atoms with Crippen molar-refractivity contribution in [3.8, 4) is 0 Å². The lowest BCUT2D eigenvalue weighted by atomic mass is 9.98. The van der Waals surface area contributed by atoms with Crippen LogP contribution in [0.25, 0.3) is 0 Å². The maximum absolute atomic E-state index is 12.2. The summed E-state index contributed by atoms with van der Waals surface area (Å²) < 4.78 is 33.5. The van der Waals surface area contributed by atoms with Gasteiger partial charge in [0.05, 0.1) is 6.61 Å². The van der Waals surface area contributed by atoms with Crippen LogP contribution in [0.4, 0.5) is 0 Å². The third kappa shape index (κ3) is 6.05. The van der Waals surface area contributed by atoms with Gasteiger partial charge >= 0.3 is 0 Å². The van der Waals surface area contributed by atoms with Crippen LogP contribution < -0.4 is 10.0 Å². The Balaban J connectivity index is 2.36. The van der Waals surface area contributed by atoms with E-state index in [2.05, 4.69) is 17.0 Å². The fourth-order valence-corrected chi connectivity index (χ4v) is 3.87. The molecule has 1 aliphatic heterocycles. The first kappa shape index (κ1) is 17.8. The molecule has 1 atom stereocenters. The molecule has 1 rings (SSSR count). The summed E-state index contributed by atoms with van der Waals surface area (Å²) in [6.07, 6.45) is 2.99. The highest BCUT2D eigenvalue weighted by molar-refractivity contribution is 7.87. The first-order valence-corrected chi connectivity index (χ1v) is 8.90. The molecule has 0 radical (unpaired) electrons. The van der Waals surface area contributed by atoms with E-state index >= 15 is 0 Å². The van der Waals surface area contributed by atoms with Crippen molar-refractivity contribution in [1.29, 1.82) is 0 Å². The topological polar surface area (TPSA) is 70.7 Å². The zero-order chi connectivity index (χ0) is 15.0. The predicted molar refractivity (Wildman–Crippen MR) is 80.9 cm³/mol. The number of nitrogens with one attached hydrogen (secondary N) is 2. The quantitative estimate of drug-likeness (QED) is 0.611. The Morgan fingerprint density at radius 3 is 2.55 bits per heavy atom. The van der Waals surface area contributed by atoms with Crippen LogP contribution in [0.15, 0.2) is 0 Å². The fourth-order valence-electron chi connectivity index (χ4n) is 2.45. The van der Waals surface area contributed by atoms with Crippen molar-refractivity contribution in [1.82, 2.24) is 14.3 Å². The lowest BCUT2D eigenvalue weighted by molar-refractivity contribution is 0.178. The van der Waals surface area contributed by atoms with Crippen LogP contribution in [0, 0.1) is 5.92 Å². The maximum Gasteiger partial charge on any atom is 0.279 e. The minimum atomic E-state index is -3.37. The maximum atomic E-state index is 12.2. The summed E-state index contributed by atoms with van der Waals surface area (Å²) in [4.78, 5) is 0. The van der Waals surface area contributed by atoms with Gasteiger partial charge in [-0.3, -0.25) is 0 Å². The Kier molecular flexibility index (Phi) is 7.98. The van der Waals surface area contributed by atoms with Gasteiger partial charge in [0.1, 0.15) is 0 Å². The van der Waals surface area contributed by atoms with E-state index in [1.165, 1.54) is 0 Å². The number of hydrogen-bond acceptors (Lipinski definition) is 4. The molecule has 1 unspecified atom stereocenters. The summed E-state index contributed by atoms with van der Waals surface area (Å²) in [7, 11) is -1.80. The molecule has 1 fully saturated rings. The van der Waals surface area contributed by atoms with E-state index in [1.54, 1.807) is 11.4 Å². The molecule has 1 saturated heterocycles. The van der Waals surface area contributed by atoms with Crippen LogP contribution >= 0.6 is 0 Å². The van der Waals surface area contributed by atoms with Gasteiger partial charge in [0, 0.05) is 26.2 Å². The lowest BCUT2D eigenvalue weighted by Gasteiger charge is -2.32. The molecule has 6 nitrogen and oxygen atoms in total. The summed E-state index contributed by atoms with van der Waals surface area (Å²) in [5.41, 5.74) is 0. The Labute approximate surface area is 123 Å². The second kappa shape index (κ2) is 8.94. The molecular weight excluding hydrogens is 278 g/mol. The smallest absolute Gasteiger partial charge is 0.279 e. The lowest BCUT2D eigenvalue weighted by Crippen LogP contribution is -2.49. The molecule has 0 spiro atoms. The highest BCUT2D eigenvalue weighted by Gasteiger charge is 2.28. The second-order valence-electron chi connectivity index (χ2n) is 5.53. The standard InChI is InChI=1S/C13H29N3O3S/c1-4-7-14-10-13-5-8-16(9-6-13)20(17,18)15-12(2)11-19-3/h12-15H,4-11H2,1-3H3. The molecule has 120 valence electrons. The number of hydrogen-bond donors (Lipinski definition) is 2. The van der Waals surface area contributed by atoms with Crippen LogP contribution in [-0.4, -0.2) is 58.7 Å². The van der Waals surface area contributed by atoms with Gasteiger partial charge < -0.3 is 10.1 Å². The van der Waals surface area contributed by atoms with Crippen molar-refractivity contribution in [3.05, 3.63) is 0 Å². The molecular formula is C13H29N3O3S. The molecule has 2 N–H and O–H groups in total. The molecule has 0 saturated carbocycles. The Bertz CT molecular complexity index is 354. The molecule has 1 heterocycles. The number of nitrogens with zero attached hydrogens (tertiary/aromatic N) is 1. The van der Waals surface area contributed by atoms with E-state index in [9.17, 15) is 8.42 Å². The number of rotatable bonds is 9. The zero-order valence-corrected chi connectivity index (χ0v) is 13.7. The van der Waals surface area contributed by atoms with Gasteiger partial charge in [0.25, 0.3) is 10.2 Å². The normalized spacial score (nSPS) is 20.1. The second-order valence-corrected chi connectivity index (χ2v) is 7.23. The van der Waals surface area contributed by atoms with Gasteiger partial charge in [0.2, 0.25) is 0 Å². The predicted octanol–water partition coefficient (Wildman–Crippen LogP) is 0.567. The summed E-state index contributed by atoms with van der Waals surface area (Å²) >= 11 is 0. The Morgan fingerprint density at radius 2 is 2.00 bits per heavy atom. The van der Waals surface area contributed by atoms with Crippen molar-refractivity contribution in [3.63, 3.8) is 0 Å². The molecule has 0 aromatic rings. The largest absolute Gasteiger partial charge is 0.383 e. The van der Waals surface area contributed by atoms with E-state index in [-0.39, 0.29) is 6.04 Å². The monoisotopic (exact) mass is 307 g/mol. The third-order valence-corrected chi connectivity index (χ3v) is 5.29. The van der Waals surface area contributed by atoms with Gasteiger partial charge in [-0.05, 0) is 45.2 Å². The van der Waals surface area contributed by atoms with Crippen LogP contribution in [0.3, 0.4) is 0 Å². The first-order valence-electron chi connectivity index (χ1n) is 7.46. The Morgan fingerprint density at radius 1 is 1.35 bits per heavy atom. The summed E-state index contributed by atoms with van der Waals surface area (Å²) in [5.74, 6) is 0.587. The van der Waals surface area contributed by atoms with Gasteiger partial charge in [0.15, 0.2) is 0 Å². The highest BCUT2D eigenvalue weighted by Crippen LogP contribution is 2.18. The molecule has 7 heteroatoms. The number of piperidine rings is 1. The minimum Gasteiger partial charge on any atom is -0.383 e. The fraction of sp³-hybridized carbons (Fsp3) is 1.00. The van der Waals surface area contributed by atoms with Crippen LogP contribution in [0.5, 0.6) is 0 Å². The van der Waals surface area contributed by atoms with Crippen molar-refractivity contribution < 1.29 is 13.2 Å². The average molecular weight is 307 g/mol. The van der Waals surface area contributed by atoms with Crippen molar-refractivity contribution in [2.45, 2.75) is 39.2 Å². The minimum absolute atomic E-state index is 0.200. The number of methoxy groups -OCH3 is 1. The van der Waals surface area contributed by atoms with Crippen molar-refractivity contribution in [2.24, 2.45) is 5.92 Å². The van der Waals surface area contributed by atoms with Gasteiger partial charge in [-0.25, -0.2) is 0 Å². The van der Waals surface area contributed by atoms with Crippen molar-refractivity contribution >= 4 is 10.2 Å². The van der Waals surface area contributed by atoms with Crippen LogP contribution in [-0.2, 0) is 14.9 Å². The third-order valence-electron chi connectivity index (χ3n) is 3.54. The van der Waals surface area contributed by atoms with E-state index in [4.69, 9.17) is 4.74 Å². The summed E-state index contributed by atoms with van der Waals surface area (Å²) in [5, 5.41) is 3.41. The molecule has 20 heavy (non-hydrogen) atoms. The average Bonchev–Trinajstić information content (AvgIpc) is 2.39. The highest BCUT2D eigenvalue weighted by atomic mass is 32.2. The van der Waals surface area contributed by atoms with E-state index in [0.717, 1.165) is 32.4 Å². The molecule has 0 bridgehead atoms. The van der Waals surface area contributed by atoms with E-state index < -0.39 is 10.2 Å². The van der Waals surface area contributed by atoms with Crippen molar-refractivity contribution in [2.75, 3.05) is 39.9 Å². The van der Waals surface area contributed by atoms with Gasteiger partial charge in [-0.15, -0.1) is 0 Å². The molecule has 1 aliphatic rings. The molecule has 0 aromatic carbocycles. The van der Waals surface area contributed by atoms with E-state index in [1.807, 2.05) is 6.92 Å². The molecule has 0 amide bonds. The number of ether oxygens (including phenoxy) is 1. The Hall–Kier alpha value is -0.210. The first-order chi connectivity index (χ1) is 9.49. The zero-order valence-electron chi connectivity index (χ0n) is 12.9. The summed E-state index contributed by atoms with van der Waals surface area (Å²) in [6.45, 7) is 7.58. The van der Waals surface area contributed by atoms with Gasteiger partial charge in [-0.1, -0.05) is 6.92 Å². The van der Waals surface area contributed by atoms with E-state index in [0.29, 0.717) is 25.6 Å². The molecule has 0 aliphatic carbocycles. The molecule has 0 aromatic heterocycles.